The van der Waals surface area contributed by atoms with Gasteiger partial charge in [0.05, 0.1) is 4.92 Å². The highest BCUT2D eigenvalue weighted by Gasteiger charge is 2.23. The number of nitro benzene ring substituents is 1. The van der Waals surface area contributed by atoms with Gasteiger partial charge in [-0.25, -0.2) is 0 Å². The van der Waals surface area contributed by atoms with Gasteiger partial charge in [-0.15, -0.1) is 0 Å². The molecule has 0 fully saturated rings. The third kappa shape index (κ3) is 3.45. The molecule has 20 heavy (non-hydrogen) atoms. The van der Waals surface area contributed by atoms with E-state index >= 15 is 0 Å². The Bertz CT molecular complexity index is 512. The number of nitrogens with two attached hydrogens (primary N) is 1. The second kappa shape index (κ2) is 6.33. The number of hydrogen-bond acceptors (Lipinski definition) is 5. The van der Waals surface area contributed by atoms with Gasteiger partial charge in [-0.05, 0) is 31.9 Å². The van der Waals surface area contributed by atoms with Crippen LogP contribution in [-0.4, -0.2) is 16.4 Å². The topological polar surface area (TPSA) is 110 Å². The highest BCUT2D eigenvalue weighted by Crippen LogP contribution is 2.25. The lowest BCUT2D eigenvalue weighted by Crippen LogP contribution is -2.44. The van der Waals surface area contributed by atoms with Gasteiger partial charge in [-0.1, -0.05) is 13.8 Å². The van der Waals surface area contributed by atoms with Crippen LogP contribution in [0.25, 0.3) is 0 Å². The first-order valence-electron chi connectivity index (χ1n) is 6.44. The summed E-state index contributed by atoms with van der Waals surface area (Å²) >= 11 is 0. The molecule has 0 radical (unpaired) electrons. The highest BCUT2D eigenvalue weighted by molar-refractivity contribution is 5.96. The number of benzene rings is 1. The van der Waals surface area contributed by atoms with Gasteiger partial charge < -0.3 is 10.7 Å². The van der Waals surface area contributed by atoms with E-state index in [0.717, 1.165) is 12.8 Å². The molecule has 7 heteroatoms. The molecule has 0 saturated heterocycles. The van der Waals surface area contributed by atoms with Gasteiger partial charge in [-0.3, -0.25) is 20.8 Å². The second-order valence-electron chi connectivity index (χ2n) is 4.86. The van der Waals surface area contributed by atoms with Crippen LogP contribution >= 0.6 is 0 Å². The quantitative estimate of drug-likeness (QED) is 0.420. The van der Waals surface area contributed by atoms with Crippen LogP contribution in [0.2, 0.25) is 0 Å². The van der Waals surface area contributed by atoms with E-state index in [-0.39, 0.29) is 22.8 Å². The monoisotopic (exact) mass is 280 g/mol. The van der Waals surface area contributed by atoms with E-state index in [1.165, 1.54) is 18.2 Å². The summed E-state index contributed by atoms with van der Waals surface area (Å²) in [5, 5.41) is 13.7. The number of hydrogen-bond donors (Lipinski definition) is 3. The van der Waals surface area contributed by atoms with Crippen LogP contribution in [0.3, 0.4) is 0 Å². The average molecular weight is 280 g/mol. The summed E-state index contributed by atoms with van der Waals surface area (Å²) in [5.74, 6) is 4.98. The Labute approximate surface area is 117 Å². The number of nitrogens with zero attached hydrogens (tertiary/aromatic N) is 1. The Balaban J connectivity index is 3.03. The smallest absolute Gasteiger partial charge is 0.293 e. The van der Waals surface area contributed by atoms with Crippen molar-refractivity contribution in [2.45, 2.75) is 39.2 Å². The maximum Gasteiger partial charge on any atom is 0.293 e. The third-order valence-corrected chi connectivity index (χ3v) is 3.59. The predicted molar refractivity (Wildman–Crippen MR) is 77.4 cm³/mol. The van der Waals surface area contributed by atoms with Gasteiger partial charge in [0.1, 0.15) is 5.69 Å². The van der Waals surface area contributed by atoms with Crippen LogP contribution < -0.4 is 16.6 Å². The number of anilines is 1. The maximum atomic E-state index is 12.2. The first-order valence-corrected chi connectivity index (χ1v) is 6.44. The van der Waals surface area contributed by atoms with Gasteiger partial charge in [0.25, 0.3) is 11.6 Å². The summed E-state index contributed by atoms with van der Waals surface area (Å²) in [6.45, 7) is 5.94. The molecule has 0 aliphatic rings. The SMILES string of the molecule is CCC(C)(CC)NC(=O)c1ccc([N+](=O)[O-])c(NN)c1. The zero-order valence-corrected chi connectivity index (χ0v) is 11.9. The van der Waals surface area contributed by atoms with Crippen LogP contribution in [0.15, 0.2) is 18.2 Å². The zero-order valence-electron chi connectivity index (χ0n) is 11.9. The number of nitrogen functional groups attached to an aromatic ring is 1. The van der Waals surface area contributed by atoms with Crippen molar-refractivity contribution in [3.05, 3.63) is 33.9 Å². The van der Waals surface area contributed by atoms with E-state index in [1.807, 2.05) is 20.8 Å². The molecule has 0 bridgehead atoms. The fourth-order valence-corrected chi connectivity index (χ4v) is 1.73. The van der Waals surface area contributed by atoms with Crippen LogP contribution in [0.4, 0.5) is 11.4 Å². The molecule has 0 atom stereocenters. The number of nitrogens with one attached hydrogen (secondary N) is 2. The van der Waals surface area contributed by atoms with Gasteiger partial charge in [-0.2, -0.15) is 0 Å². The van der Waals surface area contributed by atoms with Crippen LogP contribution in [0.5, 0.6) is 0 Å². The molecule has 0 aromatic heterocycles. The molecule has 1 amide bonds. The Morgan fingerprint density at radius 2 is 2.00 bits per heavy atom. The molecule has 1 aromatic carbocycles. The fraction of sp³-hybridized carbons (Fsp3) is 0.462. The van der Waals surface area contributed by atoms with Gasteiger partial charge in [0.2, 0.25) is 0 Å². The van der Waals surface area contributed by atoms with Crippen molar-refractivity contribution >= 4 is 17.3 Å². The van der Waals surface area contributed by atoms with E-state index in [0.29, 0.717) is 5.56 Å². The molecule has 0 saturated carbocycles. The van der Waals surface area contributed by atoms with Crippen molar-refractivity contribution in [3.63, 3.8) is 0 Å². The highest BCUT2D eigenvalue weighted by atomic mass is 16.6. The molecule has 1 rings (SSSR count). The molecule has 0 spiro atoms. The first kappa shape index (κ1) is 15.9. The summed E-state index contributed by atoms with van der Waals surface area (Å²) in [4.78, 5) is 22.4. The van der Waals surface area contributed by atoms with E-state index in [2.05, 4.69) is 10.7 Å². The van der Waals surface area contributed by atoms with E-state index < -0.39 is 4.92 Å². The zero-order chi connectivity index (χ0) is 15.3. The average Bonchev–Trinajstić information content (AvgIpc) is 2.46. The number of carbonyl (C=O) groups excluding carboxylic acids is 1. The summed E-state index contributed by atoms with van der Waals surface area (Å²) in [7, 11) is 0. The molecule has 110 valence electrons. The van der Waals surface area contributed by atoms with Crippen molar-refractivity contribution in [2.75, 3.05) is 5.43 Å². The fourth-order valence-electron chi connectivity index (χ4n) is 1.73. The van der Waals surface area contributed by atoms with Crippen molar-refractivity contribution in [1.82, 2.24) is 5.32 Å². The predicted octanol–water partition coefficient (Wildman–Crippen LogP) is 2.19. The number of carbonyl (C=O) groups is 1. The first-order chi connectivity index (χ1) is 9.36. The normalized spacial score (nSPS) is 11.0. The lowest BCUT2D eigenvalue weighted by atomic mass is 9.95. The summed E-state index contributed by atoms with van der Waals surface area (Å²) < 4.78 is 0. The van der Waals surface area contributed by atoms with E-state index in [1.54, 1.807) is 0 Å². The lowest BCUT2D eigenvalue weighted by Gasteiger charge is -2.28. The van der Waals surface area contributed by atoms with Crippen molar-refractivity contribution in [3.8, 4) is 0 Å². The molecule has 0 aliphatic heterocycles. The lowest BCUT2D eigenvalue weighted by molar-refractivity contribution is -0.384. The molecule has 1 aromatic rings. The van der Waals surface area contributed by atoms with Crippen molar-refractivity contribution in [1.29, 1.82) is 0 Å². The number of nitro groups is 1. The van der Waals surface area contributed by atoms with Crippen molar-refractivity contribution < 1.29 is 9.72 Å². The minimum atomic E-state index is -0.556. The Kier molecular flexibility index (Phi) is 5.04. The largest absolute Gasteiger partial charge is 0.347 e. The van der Waals surface area contributed by atoms with E-state index in [9.17, 15) is 14.9 Å². The van der Waals surface area contributed by atoms with Crippen LogP contribution in [0, 0.1) is 10.1 Å². The van der Waals surface area contributed by atoms with E-state index in [4.69, 9.17) is 5.84 Å². The standard InChI is InChI=1S/C13H20N4O3/c1-4-13(3,5-2)15-12(18)9-6-7-11(17(19)20)10(8-9)16-14/h6-8,16H,4-5,14H2,1-3H3,(H,15,18). The number of rotatable bonds is 6. The van der Waals surface area contributed by atoms with Gasteiger partial charge in [0, 0.05) is 17.2 Å². The Hall–Kier alpha value is -2.15. The number of amides is 1. The maximum absolute atomic E-state index is 12.2. The molecule has 0 heterocycles. The summed E-state index contributed by atoms with van der Waals surface area (Å²) in [6, 6.07) is 4.05. The van der Waals surface area contributed by atoms with Crippen LogP contribution in [-0.2, 0) is 0 Å². The Morgan fingerprint density at radius 1 is 1.40 bits per heavy atom. The number of hydrazine groups is 1. The Morgan fingerprint density at radius 3 is 2.45 bits per heavy atom. The third-order valence-electron chi connectivity index (χ3n) is 3.59. The van der Waals surface area contributed by atoms with Crippen molar-refractivity contribution in [2.24, 2.45) is 5.84 Å². The van der Waals surface area contributed by atoms with Gasteiger partial charge >= 0.3 is 0 Å². The van der Waals surface area contributed by atoms with Crippen LogP contribution in [0.1, 0.15) is 44.0 Å². The second-order valence-corrected chi connectivity index (χ2v) is 4.86. The summed E-state index contributed by atoms with van der Waals surface area (Å²) in [6.07, 6.45) is 1.59. The molecular weight excluding hydrogens is 260 g/mol. The molecule has 4 N–H and O–H groups in total. The minimum absolute atomic E-state index is 0.109. The molecular formula is C13H20N4O3. The molecule has 0 aliphatic carbocycles. The molecule has 7 nitrogen and oxygen atoms in total. The molecule has 0 unspecified atom stereocenters. The summed E-state index contributed by atoms with van der Waals surface area (Å²) in [5.41, 5.74) is 2.22. The van der Waals surface area contributed by atoms with Gasteiger partial charge in [0.15, 0.2) is 0 Å². The minimum Gasteiger partial charge on any atom is -0.347 e.